The predicted molar refractivity (Wildman–Crippen MR) is 122 cm³/mol. The van der Waals surface area contributed by atoms with Crippen molar-refractivity contribution in [2.75, 3.05) is 4.90 Å². The van der Waals surface area contributed by atoms with E-state index in [9.17, 15) is 9.59 Å². The summed E-state index contributed by atoms with van der Waals surface area (Å²) in [4.78, 5) is 28.5. The number of anilines is 1. The van der Waals surface area contributed by atoms with Gasteiger partial charge in [-0.05, 0) is 54.1 Å². The van der Waals surface area contributed by atoms with Crippen molar-refractivity contribution < 1.29 is 9.21 Å². The summed E-state index contributed by atoms with van der Waals surface area (Å²) >= 11 is 15.6. The minimum atomic E-state index is -0.654. The molecule has 0 fully saturated rings. The quantitative estimate of drug-likeness (QED) is 0.311. The SMILES string of the molecule is O=C1c2oc3ccc(Cl)cc3c(=O)c2C(c2ccc(Cl)cc2)N1c1cccc(Br)c1. The average molecular weight is 501 g/mol. The van der Waals surface area contributed by atoms with E-state index in [4.69, 9.17) is 27.6 Å². The summed E-state index contributed by atoms with van der Waals surface area (Å²) in [7, 11) is 0. The number of benzene rings is 3. The highest BCUT2D eigenvalue weighted by Gasteiger charge is 2.43. The Balaban J connectivity index is 1.83. The zero-order valence-corrected chi connectivity index (χ0v) is 18.3. The van der Waals surface area contributed by atoms with E-state index in [0.717, 1.165) is 10.0 Å². The minimum Gasteiger partial charge on any atom is -0.450 e. The summed E-state index contributed by atoms with van der Waals surface area (Å²) in [6.07, 6.45) is 0. The van der Waals surface area contributed by atoms with Gasteiger partial charge in [0.1, 0.15) is 5.58 Å². The van der Waals surface area contributed by atoms with E-state index in [0.29, 0.717) is 26.7 Å². The van der Waals surface area contributed by atoms with Crippen LogP contribution in [-0.2, 0) is 0 Å². The number of hydrogen-bond donors (Lipinski definition) is 0. The van der Waals surface area contributed by atoms with Crippen LogP contribution in [0.25, 0.3) is 11.0 Å². The molecule has 4 aromatic rings. The molecule has 2 heterocycles. The normalized spacial score (nSPS) is 15.6. The Kier molecular flexibility index (Phi) is 4.69. The standard InChI is InChI=1S/C23H12BrCl2NO3/c24-13-2-1-3-16(10-13)27-20(12-4-6-14(25)7-5-12)19-21(28)17-11-15(26)8-9-18(17)30-22(19)23(27)29/h1-11,20H. The lowest BCUT2D eigenvalue weighted by atomic mass is 9.98. The van der Waals surface area contributed by atoms with Gasteiger partial charge in [0.15, 0.2) is 5.43 Å². The summed E-state index contributed by atoms with van der Waals surface area (Å²) < 4.78 is 6.74. The van der Waals surface area contributed by atoms with Gasteiger partial charge in [-0.2, -0.15) is 0 Å². The molecule has 0 N–H and O–H groups in total. The maximum atomic E-state index is 13.5. The lowest BCUT2D eigenvalue weighted by molar-refractivity contribution is 0.0971. The molecule has 5 rings (SSSR count). The molecule has 0 saturated carbocycles. The third-order valence-electron chi connectivity index (χ3n) is 5.10. The number of carbonyl (C=O) groups is 1. The number of fused-ring (bicyclic) bond motifs is 2. The van der Waals surface area contributed by atoms with Gasteiger partial charge in [-0.25, -0.2) is 0 Å². The summed E-state index contributed by atoms with van der Waals surface area (Å²) in [5.74, 6) is -0.341. The minimum absolute atomic E-state index is 0.0368. The molecule has 30 heavy (non-hydrogen) atoms. The Morgan fingerprint density at radius 2 is 1.63 bits per heavy atom. The summed E-state index contributed by atoms with van der Waals surface area (Å²) in [6.45, 7) is 0. The third kappa shape index (κ3) is 3.05. The molecule has 1 unspecified atom stereocenters. The summed E-state index contributed by atoms with van der Waals surface area (Å²) in [5, 5.41) is 1.32. The zero-order chi connectivity index (χ0) is 21.0. The first-order chi connectivity index (χ1) is 14.4. The molecule has 1 amide bonds. The summed E-state index contributed by atoms with van der Waals surface area (Å²) in [6, 6.07) is 18.6. The van der Waals surface area contributed by atoms with Gasteiger partial charge < -0.3 is 4.42 Å². The first-order valence-corrected chi connectivity index (χ1v) is 10.6. The molecular weight excluding hydrogens is 489 g/mol. The number of nitrogens with zero attached hydrogens (tertiary/aromatic N) is 1. The van der Waals surface area contributed by atoms with E-state index >= 15 is 0 Å². The van der Waals surface area contributed by atoms with Crippen molar-refractivity contribution in [3.05, 3.63) is 108 Å². The maximum Gasteiger partial charge on any atom is 0.295 e. The van der Waals surface area contributed by atoms with Crippen LogP contribution in [0.4, 0.5) is 5.69 Å². The van der Waals surface area contributed by atoms with Crippen LogP contribution in [0.1, 0.15) is 27.7 Å². The Bertz CT molecular complexity index is 1380. The van der Waals surface area contributed by atoms with Gasteiger partial charge in [-0.1, -0.05) is 57.3 Å². The van der Waals surface area contributed by atoms with Crippen molar-refractivity contribution in [3.8, 4) is 0 Å². The average Bonchev–Trinajstić information content (AvgIpc) is 3.02. The molecular formula is C23H12BrCl2NO3. The van der Waals surface area contributed by atoms with Crippen molar-refractivity contribution >= 4 is 61.7 Å². The lowest BCUT2D eigenvalue weighted by Crippen LogP contribution is -2.29. The topological polar surface area (TPSA) is 50.5 Å². The second kappa shape index (κ2) is 7.27. The van der Waals surface area contributed by atoms with Crippen molar-refractivity contribution in [2.45, 2.75) is 6.04 Å². The molecule has 1 atom stereocenters. The fraction of sp³-hybridized carbons (Fsp3) is 0.0435. The second-order valence-electron chi connectivity index (χ2n) is 6.92. The van der Waals surface area contributed by atoms with Crippen molar-refractivity contribution in [1.29, 1.82) is 0 Å². The molecule has 4 nitrogen and oxygen atoms in total. The van der Waals surface area contributed by atoms with E-state index in [1.54, 1.807) is 35.2 Å². The molecule has 1 aliphatic rings. The fourth-order valence-electron chi connectivity index (χ4n) is 3.80. The fourth-order valence-corrected chi connectivity index (χ4v) is 4.48. The maximum absolute atomic E-state index is 13.5. The monoisotopic (exact) mass is 499 g/mol. The van der Waals surface area contributed by atoms with E-state index in [2.05, 4.69) is 15.9 Å². The van der Waals surface area contributed by atoms with Crippen LogP contribution >= 0.6 is 39.1 Å². The van der Waals surface area contributed by atoms with E-state index in [-0.39, 0.29) is 22.7 Å². The number of rotatable bonds is 2. The highest BCUT2D eigenvalue weighted by Crippen LogP contribution is 2.42. The number of hydrogen-bond acceptors (Lipinski definition) is 3. The molecule has 0 spiro atoms. The van der Waals surface area contributed by atoms with Crippen molar-refractivity contribution in [2.24, 2.45) is 0 Å². The van der Waals surface area contributed by atoms with Gasteiger partial charge in [0.05, 0.1) is 17.0 Å². The van der Waals surface area contributed by atoms with Crippen LogP contribution in [0.5, 0.6) is 0 Å². The van der Waals surface area contributed by atoms with Crippen molar-refractivity contribution in [3.63, 3.8) is 0 Å². The highest BCUT2D eigenvalue weighted by molar-refractivity contribution is 9.10. The number of amides is 1. The lowest BCUT2D eigenvalue weighted by Gasteiger charge is -2.25. The van der Waals surface area contributed by atoms with E-state index in [1.165, 1.54) is 0 Å². The molecule has 0 bridgehead atoms. The second-order valence-corrected chi connectivity index (χ2v) is 8.71. The molecule has 0 radical (unpaired) electrons. The van der Waals surface area contributed by atoms with Crippen LogP contribution in [0.2, 0.25) is 10.0 Å². The Morgan fingerprint density at radius 3 is 2.37 bits per heavy atom. The first-order valence-electron chi connectivity index (χ1n) is 9.05. The van der Waals surface area contributed by atoms with Crippen LogP contribution in [0.15, 0.2) is 80.4 Å². The Morgan fingerprint density at radius 1 is 0.900 bits per heavy atom. The van der Waals surface area contributed by atoms with Gasteiger partial charge in [-0.3, -0.25) is 14.5 Å². The third-order valence-corrected chi connectivity index (χ3v) is 6.08. The molecule has 3 aromatic carbocycles. The Hall–Kier alpha value is -2.60. The smallest absolute Gasteiger partial charge is 0.295 e. The Labute approximate surface area is 189 Å². The number of halogens is 3. The first kappa shape index (κ1) is 19.4. The van der Waals surface area contributed by atoms with E-state index in [1.807, 2.05) is 36.4 Å². The van der Waals surface area contributed by atoms with Gasteiger partial charge in [-0.15, -0.1) is 0 Å². The molecule has 148 valence electrons. The van der Waals surface area contributed by atoms with Gasteiger partial charge in [0.25, 0.3) is 5.91 Å². The summed E-state index contributed by atoms with van der Waals surface area (Å²) in [5.41, 5.74) is 1.72. The van der Waals surface area contributed by atoms with Gasteiger partial charge in [0, 0.05) is 20.2 Å². The number of carbonyl (C=O) groups excluding carboxylic acids is 1. The molecule has 0 aliphatic carbocycles. The predicted octanol–water partition coefficient (Wildman–Crippen LogP) is 6.61. The van der Waals surface area contributed by atoms with Crippen molar-refractivity contribution in [1.82, 2.24) is 0 Å². The van der Waals surface area contributed by atoms with Crippen LogP contribution in [0.3, 0.4) is 0 Å². The largest absolute Gasteiger partial charge is 0.450 e. The van der Waals surface area contributed by atoms with E-state index < -0.39 is 6.04 Å². The van der Waals surface area contributed by atoms with Crippen LogP contribution < -0.4 is 10.3 Å². The van der Waals surface area contributed by atoms with Gasteiger partial charge >= 0.3 is 0 Å². The zero-order valence-electron chi connectivity index (χ0n) is 15.2. The van der Waals surface area contributed by atoms with Gasteiger partial charge in [0.2, 0.25) is 5.76 Å². The van der Waals surface area contributed by atoms with Crippen LogP contribution in [0, 0.1) is 0 Å². The molecule has 1 aliphatic heterocycles. The highest BCUT2D eigenvalue weighted by atomic mass is 79.9. The molecule has 0 saturated heterocycles. The molecule has 7 heteroatoms. The molecule has 1 aromatic heterocycles. The van der Waals surface area contributed by atoms with Crippen LogP contribution in [-0.4, -0.2) is 5.91 Å².